The zero-order valence-corrected chi connectivity index (χ0v) is 11.8. The van der Waals surface area contributed by atoms with E-state index in [0.29, 0.717) is 18.2 Å². The molecule has 2 N–H and O–H groups in total. The number of nitrogens with two attached hydrogens (primary N) is 1. The van der Waals surface area contributed by atoms with Crippen LogP contribution >= 0.6 is 11.6 Å². The van der Waals surface area contributed by atoms with Crippen molar-refractivity contribution in [2.45, 2.75) is 33.0 Å². The Labute approximate surface area is 117 Å². The Morgan fingerprint density at radius 3 is 2.89 bits per heavy atom. The van der Waals surface area contributed by atoms with Gasteiger partial charge in [-0.15, -0.1) is 0 Å². The molecule has 102 valence electrons. The Morgan fingerprint density at radius 1 is 1.42 bits per heavy atom. The Kier molecular flexibility index (Phi) is 4.39. The summed E-state index contributed by atoms with van der Waals surface area (Å²) in [4.78, 5) is 4.20. The van der Waals surface area contributed by atoms with Gasteiger partial charge >= 0.3 is 0 Å². The number of rotatable bonds is 5. The highest BCUT2D eigenvalue weighted by Crippen LogP contribution is 2.23. The second kappa shape index (κ2) is 6.04. The number of nitrogens with zero attached hydrogens (tertiary/aromatic N) is 3. The molecule has 19 heavy (non-hydrogen) atoms. The lowest BCUT2D eigenvalue weighted by molar-refractivity contribution is 0.280. The predicted octanol–water partition coefficient (Wildman–Crippen LogP) is 2.55. The van der Waals surface area contributed by atoms with Crippen LogP contribution in [0.25, 0.3) is 0 Å². The van der Waals surface area contributed by atoms with E-state index < -0.39 is 0 Å². The van der Waals surface area contributed by atoms with Crippen LogP contribution in [0, 0.1) is 0 Å². The second-order valence-corrected chi connectivity index (χ2v) is 4.90. The fourth-order valence-corrected chi connectivity index (χ4v) is 1.99. The maximum absolute atomic E-state index is 5.92. The van der Waals surface area contributed by atoms with Crippen LogP contribution in [0.3, 0.4) is 0 Å². The summed E-state index contributed by atoms with van der Waals surface area (Å²) in [5, 5.41) is 4.82. The first-order valence-electron chi connectivity index (χ1n) is 6.11. The number of aromatic nitrogens is 3. The fourth-order valence-electron chi connectivity index (χ4n) is 1.80. The van der Waals surface area contributed by atoms with Crippen LogP contribution in [0.4, 0.5) is 0 Å². The van der Waals surface area contributed by atoms with Gasteiger partial charge in [0.1, 0.15) is 18.7 Å². The number of ether oxygens (including phenoxy) is 1. The lowest BCUT2D eigenvalue weighted by Crippen LogP contribution is -2.11. The molecule has 0 saturated carbocycles. The summed E-state index contributed by atoms with van der Waals surface area (Å²) in [6.45, 7) is 4.83. The normalized spacial score (nSPS) is 11.0. The van der Waals surface area contributed by atoms with Gasteiger partial charge < -0.3 is 10.5 Å². The SMILES string of the molecule is CC(C)n1ncnc1COc1ccc(Cl)cc1CN. The van der Waals surface area contributed by atoms with Gasteiger partial charge in [-0.1, -0.05) is 11.6 Å². The maximum atomic E-state index is 5.92. The van der Waals surface area contributed by atoms with Crippen LogP contribution in [-0.4, -0.2) is 14.8 Å². The van der Waals surface area contributed by atoms with E-state index in [9.17, 15) is 0 Å². The summed E-state index contributed by atoms with van der Waals surface area (Å²) in [6.07, 6.45) is 1.53. The highest BCUT2D eigenvalue weighted by atomic mass is 35.5. The van der Waals surface area contributed by atoms with E-state index in [-0.39, 0.29) is 6.04 Å². The molecular formula is C13H17ClN4O. The van der Waals surface area contributed by atoms with Crippen molar-refractivity contribution in [3.63, 3.8) is 0 Å². The molecule has 0 aliphatic carbocycles. The molecule has 0 fully saturated rings. The molecule has 0 spiro atoms. The molecule has 0 saturated heterocycles. The van der Waals surface area contributed by atoms with Crippen molar-refractivity contribution in [2.75, 3.05) is 0 Å². The molecule has 0 radical (unpaired) electrons. The van der Waals surface area contributed by atoms with E-state index in [1.165, 1.54) is 6.33 Å². The molecule has 1 aromatic carbocycles. The third kappa shape index (κ3) is 3.24. The highest BCUT2D eigenvalue weighted by molar-refractivity contribution is 6.30. The van der Waals surface area contributed by atoms with Gasteiger partial charge in [-0.05, 0) is 32.0 Å². The van der Waals surface area contributed by atoms with E-state index in [4.69, 9.17) is 22.1 Å². The Hall–Kier alpha value is -1.59. The minimum Gasteiger partial charge on any atom is -0.485 e. The van der Waals surface area contributed by atoms with Gasteiger partial charge in [0.2, 0.25) is 0 Å². The zero-order chi connectivity index (χ0) is 13.8. The fraction of sp³-hybridized carbons (Fsp3) is 0.385. The molecule has 0 atom stereocenters. The first-order valence-corrected chi connectivity index (χ1v) is 6.49. The van der Waals surface area contributed by atoms with Crippen molar-refractivity contribution in [2.24, 2.45) is 5.73 Å². The van der Waals surface area contributed by atoms with Crippen molar-refractivity contribution >= 4 is 11.6 Å². The number of benzene rings is 1. The molecule has 0 amide bonds. The van der Waals surface area contributed by atoms with Gasteiger partial charge in [-0.2, -0.15) is 5.10 Å². The van der Waals surface area contributed by atoms with E-state index in [0.717, 1.165) is 17.1 Å². The van der Waals surface area contributed by atoms with Crippen LogP contribution in [0.5, 0.6) is 5.75 Å². The van der Waals surface area contributed by atoms with Gasteiger partial charge in [0.05, 0.1) is 0 Å². The summed E-state index contributed by atoms with van der Waals surface area (Å²) in [5.74, 6) is 1.51. The molecule has 1 aromatic heterocycles. The van der Waals surface area contributed by atoms with Crippen molar-refractivity contribution in [3.8, 4) is 5.75 Å². The largest absolute Gasteiger partial charge is 0.485 e. The minimum absolute atomic E-state index is 0.250. The maximum Gasteiger partial charge on any atom is 0.165 e. The number of halogens is 1. The molecule has 5 nitrogen and oxygen atoms in total. The average molecular weight is 281 g/mol. The van der Waals surface area contributed by atoms with E-state index in [1.807, 2.05) is 30.7 Å². The van der Waals surface area contributed by atoms with Gasteiger partial charge in [0, 0.05) is 23.2 Å². The second-order valence-electron chi connectivity index (χ2n) is 4.46. The molecule has 0 bridgehead atoms. The zero-order valence-electron chi connectivity index (χ0n) is 11.0. The summed E-state index contributed by atoms with van der Waals surface area (Å²) >= 11 is 5.92. The molecule has 0 aliphatic heterocycles. The van der Waals surface area contributed by atoms with Gasteiger partial charge in [-0.3, -0.25) is 0 Å². The third-order valence-corrected chi connectivity index (χ3v) is 2.97. The Bertz CT molecular complexity index is 553. The van der Waals surface area contributed by atoms with Crippen molar-refractivity contribution in [3.05, 3.63) is 40.9 Å². The Balaban J connectivity index is 2.12. The summed E-state index contributed by atoms with van der Waals surface area (Å²) in [5.41, 5.74) is 6.55. The van der Waals surface area contributed by atoms with Crippen molar-refractivity contribution in [1.29, 1.82) is 0 Å². The quantitative estimate of drug-likeness (QED) is 0.914. The third-order valence-electron chi connectivity index (χ3n) is 2.74. The molecule has 0 aliphatic rings. The van der Waals surface area contributed by atoms with Gasteiger partial charge in [-0.25, -0.2) is 9.67 Å². The average Bonchev–Trinajstić information content (AvgIpc) is 2.85. The first kappa shape index (κ1) is 13.8. The lowest BCUT2D eigenvalue weighted by atomic mass is 10.2. The summed E-state index contributed by atoms with van der Waals surface area (Å²) < 4.78 is 7.59. The van der Waals surface area contributed by atoms with E-state index in [1.54, 1.807) is 6.07 Å². The monoisotopic (exact) mass is 280 g/mol. The highest BCUT2D eigenvalue weighted by Gasteiger charge is 2.09. The first-order chi connectivity index (χ1) is 9.11. The predicted molar refractivity (Wildman–Crippen MR) is 74.1 cm³/mol. The van der Waals surface area contributed by atoms with Crippen LogP contribution in [0.15, 0.2) is 24.5 Å². The number of hydrogen-bond acceptors (Lipinski definition) is 4. The van der Waals surface area contributed by atoms with Crippen LogP contribution in [0.2, 0.25) is 5.02 Å². The molecular weight excluding hydrogens is 264 g/mol. The smallest absolute Gasteiger partial charge is 0.165 e. The van der Waals surface area contributed by atoms with E-state index in [2.05, 4.69) is 10.1 Å². The minimum atomic E-state index is 0.250. The lowest BCUT2D eigenvalue weighted by Gasteiger charge is -2.12. The van der Waals surface area contributed by atoms with Crippen molar-refractivity contribution < 1.29 is 4.74 Å². The molecule has 6 heteroatoms. The molecule has 0 unspecified atom stereocenters. The van der Waals surface area contributed by atoms with Crippen LogP contribution in [0.1, 0.15) is 31.3 Å². The molecule has 2 aromatic rings. The van der Waals surface area contributed by atoms with Crippen LogP contribution in [-0.2, 0) is 13.2 Å². The summed E-state index contributed by atoms with van der Waals surface area (Å²) in [6, 6.07) is 5.66. The van der Waals surface area contributed by atoms with Gasteiger partial charge in [0.15, 0.2) is 5.82 Å². The summed E-state index contributed by atoms with van der Waals surface area (Å²) in [7, 11) is 0. The van der Waals surface area contributed by atoms with Crippen LogP contribution < -0.4 is 10.5 Å². The number of hydrogen-bond donors (Lipinski definition) is 1. The van der Waals surface area contributed by atoms with Gasteiger partial charge in [0.25, 0.3) is 0 Å². The topological polar surface area (TPSA) is 66.0 Å². The standard InChI is InChI=1S/C13H17ClN4O/c1-9(2)18-13(16-8-17-18)7-19-12-4-3-11(14)5-10(12)6-15/h3-5,8-9H,6-7,15H2,1-2H3. The van der Waals surface area contributed by atoms with Crippen molar-refractivity contribution in [1.82, 2.24) is 14.8 Å². The van der Waals surface area contributed by atoms with E-state index >= 15 is 0 Å². The molecule has 1 heterocycles. The Morgan fingerprint density at radius 2 is 2.21 bits per heavy atom. The molecule has 2 rings (SSSR count).